The lowest BCUT2D eigenvalue weighted by molar-refractivity contribution is -0.134. The van der Waals surface area contributed by atoms with Crippen LogP contribution in [0.2, 0.25) is 0 Å². The van der Waals surface area contributed by atoms with Crippen molar-refractivity contribution >= 4 is 36.9 Å². The van der Waals surface area contributed by atoms with Crippen LogP contribution in [-0.4, -0.2) is 33.7 Å². The molecule has 7 heteroatoms. The van der Waals surface area contributed by atoms with Gasteiger partial charge in [-0.2, -0.15) is 0 Å². The van der Waals surface area contributed by atoms with Crippen molar-refractivity contribution in [3.05, 3.63) is 29.8 Å². The first kappa shape index (κ1) is 15.8. The predicted molar refractivity (Wildman–Crippen MR) is 78.2 cm³/mol. The Hall–Kier alpha value is -2.28. The van der Waals surface area contributed by atoms with Gasteiger partial charge in [-0.25, -0.2) is 4.79 Å². The first-order chi connectivity index (χ1) is 9.56. The zero-order valence-electron chi connectivity index (χ0n) is 11.6. The topological polar surface area (TPSA) is 76.7 Å². The molecule has 0 unspecified atom stereocenters. The molecule has 0 saturated heterocycles. The summed E-state index contributed by atoms with van der Waals surface area (Å²) in [6.45, 7) is 1.43. The number of anilines is 2. The number of amides is 1. The van der Waals surface area contributed by atoms with Crippen molar-refractivity contribution in [3.8, 4) is 0 Å². The summed E-state index contributed by atoms with van der Waals surface area (Å²) < 4.78 is 9.34. The Morgan fingerprint density at radius 1 is 1.25 bits per heavy atom. The number of methoxy groups -OCH3 is 1. The lowest BCUT2D eigenvalue weighted by atomic mass is 10.1. The molecule has 1 amide bonds. The number of hydrogen-bond acceptors (Lipinski definition) is 5. The van der Waals surface area contributed by atoms with Gasteiger partial charge < -0.3 is 19.9 Å². The van der Waals surface area contributed by atoms with Gasteiger partial charge in [0.1, 0.15) is 0 Å². The van der Waals surface area contributed by atoms with Gasteiger partial charge in [0.25, 0.3) is 0 Å². The smallest absolute Gasteiger partial charge is 0.436 e. The van der Waals surface area contributed by atoms with Crippen LogP contribution >= 0.6 is 0 Å². The van der Waals surface area contributed by atoms with Crippen molar-refractivity contribution in [1.29, 1.82) is 0 Å². The number of esters is 1. The van der Waals surface area contributed by atoms with E-state index in [0.29, 0.717) is 11.4 Å². The summed E-state index contributed by atoms with van der Waals surface area (Å²) in [6.07, 6.45) is 2.93. The molecule has 1 rings (SSSR count). The molecule has 0 atom stereocenters. The standard InChI is InChI=1S/C13H16BN2O4/c1-9(17)15-11-6-4-10(5-7-13(18)19-2)8-12(11)16-14-20-3/h4-8,16H,1-3H3,(H,15,17)/b7-5+. The Labute approximate surface area is 118 Å². The summed E-state index contributed by atoms with van der Waals surface area (Å²) >= 11 is 0. The summed E-state index contributed by atoms with van der Waals surface area (Å²) in [5.74, 6) is -0.614. The van der Waals surface area contributed by atoms with Crippen molar-refractivity contribution in [2.24, 2.45) is 0 Å². The fourth-order valence-corrected chi connectivity index (χ4v) is 1.44. The molecule has 0 aromatic heterocycles. The zero-order chi connectivity index (χ0) is 15.0. The molecule has 0 bridgehead atoms. The molecule has 1 radical (unpaired) electrons. The van der Waals surface area contributed by atoms with Crippen LogP contribution in [0.1, 0.15) is 12.5 Å². The monoisotopic (exact) mass is 275 g/mol. The van der Waals surface area contributed by atoms with Crippen LogP contribution in [0.3, 0.4) is 0 Å². The Balaban J connectivity index is 2.97. The second-order valence-corrected chi connectivity index (χ2v) is 3.84. The molecule has 0 spiro atoms. The molecule has 0 heterocycles. The van der Waals surface area contributed by atoms with Crippen LogP contribution in [-0.2, 0) is 19.0 Å². The lowest BCUT2D eigenvalue weighted by Crippen LogP contribution is -2.13. The summed E-state index contributed by atoms with van der Waals surface area (Å²) in [7, 11) is 4.20. The highest BCUT2D eigenvalue weighted by Crippen LogP contribution is 2.23. The van der Waals surface area contributed by atoms with Gasteiger partial charge in [0, 0.05) is 25.8 Å². The van der Waals surface area contributed by atoms with Gasteiger partial charge in [-0.15, -0.1) is 0 Å². The van der Waals surface area contributed by atoms with Crippen molar-refractivity contribution in [2.75, 3.05) is 24.8 Å². The normalized spacial score (nSPS) is 10.2. The molecular formula is C13H16BN2O4. The van der Waals surface area contributed by atoms with Gasteiger partial charge >= 0.3 is 13.6 Å². The molecule has 0 aliphatic rings. The summed E-state index contributed by atoms with van der Waals surface area (Å²) in [5, 5.41) is 5.59. The third kappa shape index (κ3) is 5.15. The summed E-state index contributed by atoms with van der Waals surface area (Å²) in [5.41, 5.74) is 2.03. The number of carbonyl (C=O) groups excluding carboxylic acids is 2. The molecule has 105 valence electrons. The average molecular weight is 275 g/mol. The van der Waals surface area contributed by atoms with Crippen LogP contribution < -0.4 is 10.5 Å². The highest BCUT2D eigenvalue weighted by Gasteiger charge is 2.05. The maximum absolute atomic E-state index is 11.1. The van der Waals surface area contributed by atoms with Gasteiger partial charge in [-0.05, 0) is 23.8 Å². The van der Waals surface area contributed by atoms with E-state index in [4.69, 9.17) is 4.65 Å². The highest BCUT2D eigenvalue weighted by atomic mass is 16.5. The minimum absolute atomic E-state index is 0.177. The molecule has 20 heavy (non-hydrogen) atoms. The largest absolute Gasteiger partial charge is 0.466 e. The quantitative estimate of drug-likeness (QED) is 0.466. The molecule has 2 N–H and O–H groups in total. The summed E-state index contributed by atoms with van der Waals surface area (Å²) in [4.78, 5) is 22.2. The van der Waals surface area contributed by atoms with Crippen LogP contribution in [0, 0.1) is 0 Å². The Bertz CT molecular complexity index is 517. The number of hydrogen-bond donors (Lipinski definition) is 2. The number of rotatable bonds is 6. The predicted octanol–water partition coefficient (Wildman–Crippen LogP) is 1.42. The van der Waals surface area contributed by atoms with E-state index in [1.807, 2.05) is 0 Å². The average Bonchev–Trinajstić information content (AvgIpc) is 2.43. The van der Waals surface area contributed by atoms with Crippen molar-refractivity contribution in [1.82, 2.24) is 0 Å². The number of ether oxygens (including phenoxy) is 1. The molecular weight excluding hydrogens is 259 g/mol. The fourth-order valence-electron chi connectivity index (χ4n) is 1.44. The van der Waals surface area contributed by atoms with Crippen molar-refractivity contribution in [2.45, 2.75) is 6.92 Å². The zero-order valence-corrected chi connectivity index (χ0v) is 11.6. The molecule has 1 aromatic carbocycles. The van der Waals surface area contributed by atoms with E-state index in [9.17, 15) is 9.59 Å². The minimum atomic E-state index is -0.436. The minimum Gasteiger partial charge on any atom is -0.466 e. The van der Waals surface area contributed by atoms with Gasteiger partial charge in [-0.1, -0.05) is 6.07 Å². The Morgan fingerprint density at radius 2 is 2.00 bits per heavy atom. The third-order valence-corrected chi connectivity index (χ3v) is 2.30. The van der Waals surface area contributed by atoms with E-state index in [-0.39, 0.29) is 5.91 Å². The maximum atomic E-state index is 11.1. The van der Waals surface area contributed by atoms with Gasteiger partial charge in [0.15, 0.2) is 0 Å². The van der Waals surface area contributed by atoms with Crippen molar-refractivity contribution in [3.63, 3.8) is 0 Å². The molecule has 6 nitrogen and oxygen atoms in total. The first-order valence-electron chi connectivity index (χ1n) is 5.85. The van der Waals surface area contributed by atoms with Gasteiger partial charge in [0.2, 0.25) is 5.91 Å². The first-order valence-corrected chi connectivity index (χ1v) is 5.85. The van der Waals surface area contributed by atoms with Gasteiger partial charge in [0.05, 0.1) is 12.8 Å². The second-order valence-electron chi connectivity index (χ2n) is 3.84. The Morgan fingerprint density at radius 3 is 2.60 bits per heavy atom. The van der Waals surface area contributed by atoms with Crippen LogP contribution in [0.5, 0.6) is 0 Å². The molecule has 0 aliphatic carbocycles. The highest BCUT2D eigenvalue weighted by molar-refractivity contribution is 6.33. The fraction of sp³-hybridized carbons (Fsp3) is 0.231. The van der Waals surface area contributed by atoms with Gasteiger partial charge in [-0.3, -0.25) is 4.79 Å². The van der Waals surface area contributed by atoms with Crippen molar-refractivity contribution < 1.29 is 19.0 Å². The van der Waals surface area contributed by atoms with Crippen LogP contribution in [0.15, 0.2) is 24.3 Å². The third-order valence-electron chi connectivity index (χ3n) is 2.30. The van der Waals surface area contributed by atoms with E-state index in [1.165, 1.54) is 34.8 Å². The van der Waals surface area contributed by atoms with E-state index in [1.54, 1.807) is 24.3 Å². The van der Waals surface area contributed by atoms with E-state index >= 15 is 0 Å². The molecule has 0 aliphatic heterocycles. The number of benzene rings is 1. The maximum Gasteiger partial charge on any atom is 0.436 e. The van der Waals surface area contributed by atoms with E-state index in [0.717, 1.165) is 5.56 Å². The SMILES string of the molecule is CO[B]Nc1cc(/C=C/C(=O)OC)ccc1NC(C)=O. The molecule has 0 saturated carbocycles. The number of nitrogens with one attached hydrogen (secondary N) is 2. The second kappa shape index (κ2) is 8.01. The van der Waals surface area contributed by atoms with E-state index in [2.05, 4.69) is 15.3 Å². The number of carbonyl (C=O) groups is 2. The Kier molecular flexibility index (Phi) is 6.32. The summed E-state index contributed by atoms with van der Waals surface area (Å²) in [6, 6.07) is 5.26. The van der Waals surface area contributed by atoms with E-state index < -0.39 is 5.97 Å². The van der Waals surface area contributed by atoms with Crippen LogP contribution in [0.25, 0.3) is 6.08 Å². The van der Waals surface area contributed by atoms with Crippen LogP contribution in [0.4, 0.5) is 11.4 Å². The molecule has 1 aromatic rings. The lowest BCUT2D eigenvalue weighted by Gasteiger charge is -2.12. The molecule has 0 fully saturated rings.